The molecule has 15 heavy (non-hydrogen) atoms. The van der Waals surface area contributed by atoms with Crippen LogP contribution in [0.2, 0.25) is 0 Å². The zero-order chi connectivity index (χ0) is 11.5. The van der Waals surface area contributed by atoms with E-state index in [4.69, 9.17) is 4.74 Å². The Labute approximate surface area is 89.7 Å². The average molecular weight is 211 g/mol. The molecule has 0 aliphatic carbocycles. The third kappa shape index (κ3) is 2.58. The van der Waals surface area contributed by atoms with Crippen molar-refractivity contribution in [3.8, 4) is 0 Å². The van der Waals surface area contributed by atoms with Crippen molar-refractivity contribution in [3.63, 3.8) is 0 Å². The van der Waals surface area contributed by atoms with E-state index in [1.165, 1.54) is 6.08 Å². The molecule has 0 aromatic rings. The van der Waals surface area contributed by atoms with Crippen LogP contribution in [0, 0.1) is 5.92 Å². The molecule has 1 saturated heterocycles. The molecule has 1 heterocycles. The molecule has 4 heteroatoms. The van der Waals surface area contributed by atoms with Gasteiger partial charge in [0.2, 0.25) is 5.91 Å². The number of amides is 1. The highest BCUT2D eigenvalue weighted by atomic mass is 16.5. The molecule has 1 rings (SSSR count). The van der Waals surface area contributed by atoms with Gasteiger partial charge in [-0.25, -0.2) is 4.79 Å². The summed E-state index contributed by atoms with van der Waals surface area (Å²) in [6, 6.07) is 0. The van der Waals surface area contributed by atoms with Gasteiger partial charge in [0.25, 0.3) is 0 Å². The molecule has 0 radical (unpaired) electrons. The Hall–Kier alpha value is -1.32. The van der Waals surface area contributed by atoms with Crippen LogP contribution in [-0.2, 0) is 14.3 Å². The van der Waals surface area contributed by atoms with Gasteiger partial charge in [-0.05, 0) is 12.3 Å². The average Bonchev–Trinajstić information content (AvgIpc) is 2.57. The van der Waals surface area contributed by atoms with E-state index in [0.717, 1.165) is 0 Å². The molecule has 0 aromatic carbocycles. The second-order valence-corrected chi connectivity index (χ2v) is 4.22. The van der Waals surface area contributed by atoms with Crippen LogP contribution in [0.25, 0.3) is 0 Å². The van der Waals surface area contributed by atoms with Gasteiger partial charge in [-0.1, -0.05) is 19.9 Å². The van der Waals surface area contributed by atoms with E-state index in [9.17, 15) is 9.59 Å². The van der Waals surface area contributed by atoms with Crippen LogP contribution in [0.15, 0.2) is 12.7 Å². The Bertz CT molecular complexity index is 286. The molecule has 4 nitrogen and oxygen atoms in total. The number of carbonyl (C=O) groups excluding carboxylic acids is 2. The zero-order valence-electron chi connectivity index (χ0n) is 9.21. The summed E-state index contributed by atoms with van der Waals surface area (Å²) in [7, 11) is 0. The molecule has 0 aromatic heterocycles. The molecule has 1 fully saturated rings. The number of nitrogens with one attached hydrogen (secondary N) is 1. The first-order valence-electron chi connectivity index (χ1n) is 5.12. The van der Waals surface area contributed by atoms with E-state index in [1.54, 1.807) is 0 Å². The number of hydrogen-bond acceptors (Lipinski definition) is 3. The fraction of sp³-hybridized carbons (Fsp3) is 0.636. The maximum absolute atomic E-state index is 11.7. The number of carbonyl (C=O) groups is 2. The van der Waals surface area contributed by atoms with Gasteiger partial charge in [-0.3, -0.25) is 4.79 Å². The molecule has 84 valence electrons. The van der Waals surface area contributed by atoms with Gasteiger partial charge in [0.15, 0.2) is 5.54 Å². The van der Waals surface area contributed by atoms with Gasteiger partial charge >= 0.3 is 5.97 Å². The second kappa shape index (κ2) is 4.47. The normalized spacial score (nSPS) is 25.1. The smallest absolute Gasteiger partial charge is 0.335 e. The van der Waals surface area contributed by atoms with Crippen molar-refractivity contribution in [1.82, 2.24) is 5.32 Å². The minimum absolute atomic E-state index is 0.128. The molecule has 1 aliphatic heterocycles. The molecule has 0 bridgehead atoms. The van der Waals surface area contributed by atoms with Crippen molar-refractivity contribution < 1.29 is 14.3 Å². The van der Waals surface area contributed by atoms with E-state index >= 15 is 0 Å². The van der Waals surface area contributed by atoms with Gasteiger partial charge in [-0.2, -0.15) is 0 Å². The highest BCUT2D eigenvalue weighted by Gasteiger charge is 2.43. The highest BCUT2D eigenvalue weighted by Crippen LogP contribution is 2.23. The predicted molar refractivity (Wildman–Crippen MR) is 56.1 cm³/mol. The van der Waals surface area contributed by atoms with E-state index in [2.05, 4.69) is 11.9 Å². The van der Waals surface area contributed by atoms with Crippen LogP contribution < -0.4 is 5.32 Å². The zero-order valence-corrected chi connectivity index (χ0v) is 9.21. The Morgan fingerprint density at radius 3 is 2.80 bits per heavy atom. The third-order valence-corrected chi connectivity index (χ3v) is 2.37. The third-order valence-electron chi connectivity index (χ3n) is 2.37. The monoisotopic (exact) mass is 211 g/mol. The molecule has 0 saturated carbocycles. The first-order valence-corrected chi connectivity index (χ1v) is 5.12. The van der Waals surface area contributed by atoms with E-state index in [-0.39, 0.29) is 11.8 Å². The summed E-state index contributed by atoms with van der Waals surface area (Å²) in [6.45, 7) is 7.87. The van der Waals surface area contributed by atoms with Gasteiger partial charge in [0.1, 0.15) is 0 Å². The van der Waals surface area contributed by atoms with E-state index in [0.29, 0.717) is 19.4 Å². The number of ether oxygens (including phenoxy) is 1. The van der Waals surface area contributed by atoms with Crippen molar-refractivity contribution in [2.45, 2.75) is 32.2 Å². The fourth-order valence-electron chi connectivity index (χ4n) is 1.45. The molecule has 1 atom stereocenters. The van der Waals surface area contributed by atoms with Crippen LogP contribution in [0.5, 0.6) is 0 Å². The van der Waals surface area contributed by atoms with E-state index in [1.807, 2.05) is 13.8 Å². The Kier molecular flexibility index (Phi) is 3.50. The van der Waals surface area contributed by atoms with Crippen LogP contribution in [-0.4, -0.2) is 24.0 Å². The molecule has 0 spiro atoms. The number of hydrogen-bond donors (Lipinski definition) is 1. The summed E-state index contributed by atoms with van der Waals surface area (Å²) >= 11 is 0. The maximum Gasteiger partial charge on any atom is 0.335 e. The Morgan fingerprint density at radius 2 is 2.40 bits per heavy atom. The molecule has 1 amide bonds. The van der Waals surface area contributed by atoms with Crippen LogP contribution in [0.1, 0.15) is 26.7 Å². The van der Waals surface area contributed by atoms with Crippen molar-refractivity contribution in [2.24, 2.45) is 5.92 Å². The minimum atomic E-state index is -0.994. The second-order valence-electron chi connectivity index (χ2n) is 4.22. The summed E-state index contributed by atoms with van der Waals surface area (Å²) in [5.41, 5.74) is -0.994. The first kappa shape index (κ1) is 11.8. The maximum atomic E-state index is 11.7. The van der Waals surface area contributed by atoms with E-state index < -0.39 is 11.5 Å². The summed E-state index contributed by atoms with van der Waals surface area (Å²) in [5.74, 6) is -0.249. The summed E-state index contributed by atoms with van der Waals surface area (Å²) in [4.78, 5) is 22.8. The van der Waals surface area contributed by atoms with Crippen LogP contribution in [0.4, 0.5) is 0 Å². The van der Waals surface area contributed by atoms with Crippen molar-refractivity contribution in [3.05, 3.63) is 12.7 Å². The van der Waals surface area contributed by atoms with Crippen molar-refractivity contribution >= 4 is 11.9 Å². The lowest BCUT2D eigenvalue weighted by Gasteiger charge is -2.23. The molecule has 1 aliphatic rings. The predicted octanol–water partition coefficient (Wildman–Crippen LogP) is 1.02. The standard InChI is InChI=1S/C11H17NO3/c1-4-11(6-5-9(13)12-11)10(14)15-7-8(2)3/h4,8H,1,5-7H2,2-3H3,(H,12,13)/t11-/m0/s1. The number of rotatable bonds is 4. The highest BCUT2D eigenvalue weighted by molar-refractivity contribution is 5.93. The lowest BCUT2D eigenvalue weighted by atomic mass is 9.98. The topological polar surface area (TPSA) is 55.4 Å². The minimum Gasteiger partial charge on any atom is -0.463 e. The first-order chi connectivity index (χ1) is 7.00. The Balaban J connectivity index is 2.62. The largest absolute Gasteiger partial charge is 0.463 e. The quantitative estimate of drug-likeness (QED) is 0.558. The lowest BCUT2D eigenvalue weighted by molar-refractivity contribution is -0.150. The molecule has 1 N–H and O–H groups in total. The fourth-order valence-corrected chi connectivity index (χ4v) is 1.45. The van der Waals surface area contributed by atoms with Crippen LogP contribution >= 0.6 is 0 Å². The molecule has 0 unspecified atom stereocenters. The molecular weight excluding hydrogens is 194 g/mol. The van der Waals surface area contributed by atoms with Crippen molar-refractivity contribution in [1.29, 1.82) is 0 Å². The van der Waals surface area contributed by atoms with Gasteiger partial charge < -0.3 is 10.1 Å². The summed E-state index contributed by atoms with van der Waals surface area (Å²) in [5, 5.41) is 2.61. The van der Waals surface area contributed by atoms with Crippen LogP contribution in [0.3, 0.4) is 0 Å². The molecular formula is C11H17NO3. The lowest BCUT2D eigenvalue weighted by Crippen LogP contribution is -2.48. The van der Waals surface area contributed by atoms with Gasteiger partial charge in [0.05, 0.1) is 6.61 Å². The van der Waals surface area contributed by atoms with Gasteiger partial charge in [-0.15, -0.1) is 6.58 Å². The van der Waals surface area contributed by atoms with Crippen molar-refractivity contribution in [2.75, 3.05) is 6.61 Å². The SMILES string of the molecule is C=C[C@@]1(C(=O)OCC(C)C)CCC(=O)N1. The summed E-state index contributed by atoms with van der Waals surface area (Å²) in [6.07, 6.45) is 2.25. The number of esters is 1. The summed E-state index contributed by atoms with van der Waals surface area (Å²) < 4.78 is 5.11. The Morgan fingerprint density at radius 1 is 1.73 bits per heavy atom. The van der Waals surface area contributed by atoms with Gasteiger partial charge in [0, 0.05) is 6.42 Å².